The first kappa shape index (κ1) is 13.3. The van der Waals surface area contributed by atoms with Crippen LogP contribution < -0.4 is 4.90 Å². The van der Waals surface area contributed by atoms with Gasteiger partial charge in [0.25, 0.3) is 0 Å². The van der Waals surface area contributed by atoms with Crippen molar-refractivity contribution < 1.29 is 18.3 Å². The number of alkyl halides is 3. The van der Waals surface area contributed by atoms with Gasteiger partial charge in [0.05, 0.1) is 18.2 Å². The third kappa shape index (κ3) is 4.28. The molecule has 1 heterocycles. The molecular weight excluding hydrogens is 235 g/mol. The summed E-state index contributed by atoms with van der Waals surface area (Å²) >= 11 is 0. The van der Waals surface area contributed by atoms with Crippen molar-refractivity contribution in [1.29, 1.82) is 5.26 Å². The molecule has 7 heteroatoms. The summed E-state index contributed by atoms with van der Waals surface area (Å²) in [6, 6.07) is 4.47. The van der Waals surface area contributed by atoms with Crippen LogP contribution in [0.1, 0.15) is 5.56 Å². The Morgan fingerprint density at radius 1 is 1.47 bits per heavy atom. The molecule has 0 unspecified atom stereocenters. The lowest BCUT2D eigenvalue weighted by Crippen LogP contribution is -2.36. The van der Waals surface area contributed by atoms with E-state index >= 15 is 0 Å². The Bertz CT molecular complexity index is 414. The first-order valence-electron chi connectivity index (χ1n) is 4.75. The first-order valence-corrected chi connectivity index (χ1v) is 4.75. The molecule has 17 heavy (non-hydrogen) atoms. The molecule has 0 bridgehead atoms. The SMILES string of the molecule is N#Cc1ccnc(N(CCO)CC(F)(F)F)c1. The molecule has 1 aromatic rings. The Morgan fingerprint density at radius 3 is 2.71 bits per heavy atom. The van der Waals surface area contributed by atoms with Gasteiger partial charge in [-0.1, -0.05) is 0 Å². The molecule has 0 saturated carbocycles. The van der Waals surface area contributed by atoms with Crippen LogP contribution in [0.5, 0.6) is 0 Å². The molecule has 0 spiro atoms. The summed E-state index contributed by atoms with van der Waals surface area (Å²) in [5, 5.41) is 17.4. The fourth-order valence-corrected chi connectivity index (χ4v) is 1.27. The second kappa shape index (κ2) is 5.50. The van der Waals surface area contributed by atoms with E-state index in [1.165, 1.54) is 18.3 Å². The highest BCUT2D eigenvalue weighted by Crippen LogP contribution is 2.20. The number of nitrogens with zero attached hydrogens (tertiary/aromatic N) is 3. The van der Waals surface area contributed by atoms with E-state index in [0.717, 1.165) is 4.90 Å². The number of anilines is 1. The Morgan fingerprint density at radius 2 is 2.18 bits per heavy atom. The summed E-state index contributed by atoms with van der Waals surface area (Å²) in [6.07, 6.45) is -3.13. The topological polar surface area (TPSA) is 60.2 Å². The zero-order valence-electron chi connectivity index (χ0n) is 8.78. The van der Waals surface area contributed by atoms with Crippen LogP contribution >= 0.6 is 0 Å². The largest absolute Gasteiger partial charge is 0.405 e. The Labute approximate surface area is 95.9 Å². The van der Waals surface area contributed by atoms with Gasteiger partial charge in [-0.15, -0.1) is 0 Å². The Balaban J connectivity index is 2.93. The molecule has 92 valence electrons. The number of rotatable bonds is 4. The first-order chi connectivity index (χ1) is 7.96. The van der Waals surface area contributed by atoms with E-state index in [1.807, 2.05) is 6.07 Å². The molecule has 0 aliphatic rings. The molecule has 4 nitrogen and oxygen atoms in total. The molecule has 0 fully saturated rings. The minimum Gasteiger partial charge on any atom is -0.395 e. The number of nitriles is 1. The maximum Gasteiger partial charge on any atom is 0.405 e. The fourth-order valence-electron chi connectivity index (χ4n) is 1.27. The zero-order valence-corrected chi connectivity index (χ0v) is 8.78. The van der Waals surface area contributed by atoms with Gasteiger partial charge in [0.2, 0.25) is 0 Å². The van der Waals surface area contributed by atoms with Crippen molar-refractivity contribution >= 4 is 5.82 Å². The van der Waals surface area contributed by atoms with Crippen molar-refractivity contribution in [3.8, 4) is 6.07 Å². The van der Waals surface area contributed by atoms with E-state index < -0.39 is 19.3 Å². The van der Waals surface area contributed by atoms with Gasteiger partial charge in [-0.3, -0.25) is 0 Å². The van der Waals surface area contributed by atoms with Crippen molar-refractivity contribution in [1.82, 2.24) is 4.98 Å². The molecule has 0 amide bonds. The summed E-state index contributed by atoms with van der Waals surface area (Å²) in [7, 11) is 0. The van der Waals surface area contributed by atoms with E-state index in [0.29, 0.717) is 0 Å². The number of pyridine rings is 1. The summed E-state index contributed by atoms with van der Waals surface area (Å²) < 4.78 is 36.8. The highest BCUT2D eigenvalue weighted by atomic mass is 19.4. The Kier molecular flexibility index (Phi) is 4.29. The van der Waals surface area contributed by atoms with Crippen LogP contribution in [0.3, 0.4) is 0 Å². The number of halogens is 3. The smallest absolute Gasteiger partial charge is 0.395 e. The summed E-state index contributed by atoms with van der Waals surface area (Å²) in [5.41, 5.74) is 0.222. The van der Waals surface area contributed by atoms with Gasteiger partial charge in [-0.05, 0) is 12.1 Å². The average Bonchev–Trinajstić information content (AvgIpc) is 2.27. The van der Waals surface area contributed by atoms with Gasteiger partial charge < -0.3 is 10.0 Å². The third-order valence-electron chi connectivity index (χ3n) is 1.94. The third-order valence-corrected chi connectivity index (χ3v) is 1.94. The van der Waals surface area contributed by atoms with Crippen molar-refractivity contribution in [2.45, 2.75) is 6.18 Å². The second-order valence-electron chi connectivity index (χ2n) is 3.27. The Hall–Kier alpha value is -1.81. The number of hydrogen-bond acceptors (Lipinski definition) is 4. The number of hydrogen-bond donors (Lipinski definition) is 1. The molecule has 0 aliphatic heterocycles. The number of aliphatic hydroxyl groups excluding tert-OH is 1. The fraction of sp³-hybridized carbons (Fsp3) is 0.400. The number of aromatic nitrogens is 1. The summed E-state index contributed by atoms with van der Waals surface area (Å²) in [4.78, 5) is 4.63. The van der Waals surface area contributed by atoms with Crippen LogP contribution in [0.15, 0.2) is 18.3 Å². The van der Waals surface area contributed by atoms with Gasteiger partial charge in [-0.25, -0.2) is 4.98 Å². The molecule has 0 aliphatic carbocycles. The van der Waals surface area contributed by atoms with Crippen molar-refractivity contribution in [2.24, 2.45) is 0 Å². The molecule has 0 saturated heterocycles. The molecule has 1 rings (SSSR count). The summed E-state index contributed by atoms with van der Waals surface area (Å²) in [6.45, 7) is -1.83. The van der Waals surface area contributed by atoms with Crippen molar-refractivity contribution in [3.05, 3.63) is 23.9 Å². The van der Waals surface area contributed by atoms with Gasteiger partial charge >= 0.3 is 6.18 Å². The van der Waals surface area contributed by atoms with Crippen molar-refractivity contribution in [3.63, 3.8) is 0 Å². The van der Waals surface area contributed by atoms with E-state index in [4.69, 9.17) is 10.4 Å². The van der Waals surface area contributed by atoms with E-state index in [-0.39, 0.29) is 17.9 Å². The molecule has 1 N–H and O–H groups in total. The van der Waals surface area contributed by atoms with Crippen LogP contribution in [-0.2, 0) is 0 Å². The maximum atomic E-state index is 12.3. The van der Waals surface area contributed by atoms with E-state index in [1.54, 1.807) is 0 Å². The molecule has 0 atom stereocenters. The molecule has 0 radical (unpaired) electrons. The number of aliphatic hydroxyl groups is 1. The van der Waals surface area contributed by atoms with Gasteiger partial charge in [0.1, 0.15) is 12.4 Å². The zero-order chi connectivity index (χ0) is 12.9. The van der Waals surface area contributed by atoms with Crippen LogP contribution in [0.2, 0.25) is 0 Å². The molecule has 0 aromatic carbocycles. The predicted octanol–water partition coefficient (Wildman–Crippen LogP) is 1.31. The maximum absolute atomic E-state index is 12.3. The minimum atomic E-state index is -4.39. The quantitative estimate of drug-likeness (QED) is 0.868. The van der Waals surface area contributed by atoms with Gasteiger partial charge in [-0.2, -0.15) is 18.4 Å². The molecule has 1 aromatic heterocycles. The van der Waals surface area contributed by atoms with Crippen LogP contribution in [0.25, 0.3) is 0 Å². The van der Waals surface area contributed by atoms with E-state index in [2.05, 4.69) is 4.98 Å². The standard InChI is InChI=1S/C10H10F3N3O/c11-10(12,13)7-16(3-4-17)9-5-8(6-14)1-2-15-9/h1-2,5,17H,3-4,7H2. The highest BCUT2D eigenvalue weighted by Gasteiger charge is 2.31. The average molecular weight is 245 g/mol. The lowest BCUT2D eigenvalue weighted by Gasteiger charge is -2.23. The van der Waals surface area contributed by atoms with Crippen molar-refractivity contribution in [2.75, 3.05) is 24.6 Å². The summed E-state index contributed by atoms with van der Waals surface area (Å²) in [5.74, 6) is 0.0235. The lowest BCUT2D eigenvalue weighted by atomic mass is 10.3. The van der Waals surface area contributed by atoms with Crippen LogP contribution in [-0.4, -0.2) is 36.0 Å². The normalized spacial score (nSPS) is 11.0. The monoisotopic (exact) mass is 245 g/mol. The van der Waals surface area contributed by atoms with Crippen LogP contribution in [0.4, 0.5) is 19.0 Å². The lowest BCUT2D eigenvalue weighted by molar-refractivity contribution is -0.120. The molecular formula is C10H10F3N3O. The van der Waals surface area contributed by atoms with Gasteiger partial charge in [0.15, 0.2) is 0 Å². The highest BCUT2D eigenvalue weighted by molar-refractivity contribution is 5.45. The second-order valence-corrected chi connectivity index (χ2v) is 3.27. The van der Waals surface area contributed by atoms with Gasteiger partial charge in [0, 0.05) is 12.7 Å². The predicted molar refractivity (Wildman–Crippen MR) is 54.3 cm³/mol. The van der Waals surface area contributed by atoms with Crippen LogP contribution in [0, 0.1) is 11.3 Å². The minimum absolute atomic E-state index is 0.0235. The van der Waals surface area contributed by atoms with E-state index in [9.17, 15) is 13.2 Å².